The second-order valence-electron chi connectivity index (χ2n) is 10.1. The molecule has 0 bridgehead atoms. The summed E-state index contributed by atoms with van der Waals surface area (Å²) in [4.78, 5) is 38.9. The monoisotopic (exact) mass is 462 g/mol. The van der Waals surface area contributed by atoms with Crippen molar-refractivity contribution in [3.8, 4) is 11.1 Å². The van der Waals surface area contributed by atoms with Gasteiger partial charge in [0.25, 0.3) is 0 Å². The number of nitrogens with zero attached hydrogens (tertiary/aromatic N) is 1. The Bertz CT molecular complexity index is 1090. The minimum Gasteiger partial charge on any atom is -0.481 e. The third-order valence-corrected chi connectivity index (χ3v) is 7.89. The number of hydrogen-bond donors (Lipinski definition) is 2. The Hall–Kier alpha value is -3.35. The van der Waals surface area contributed by atoms with Crippen molar-refractivity contribution in [2.45, 2.75) is 38.5 Å². The zero-order valence-corrected chi connectivity index (χ0v) is 19.4. The Morgan fingerprint density at radius 2 is 1.53 bits per heavy atom. The lowest BCUT2D eigenvalue weighted by molar-refractivity contribution is -0.154. The number of hydrogen-bond acceptors (Lipinski definition) is 4. The summed E-state index contributed by atoms with van der Waals surface area (Å²) < 4.78 is 5.60. The summed E-state index contributed by atoms with van der Waals surface area (Å²) in [6.07, 6.45) is 1.83. The Kier molecular flexibility index (Phi) is 5.58. The van der Waals surface area contributed by atoms with Crippen molar-refractivity contribution >= 4 is 18.0 Å². The summed E-state index contributed by atoms with van der Waals surface area (Å²) in [5.74, 6) is -0.803. The highest BCUT2D eigenvalue weighted by molar-refractivity contribution is 5.87. The second-order valence-corrected chi connectivity index (χ2v) is 10.1. The Morgan fingerprint density at radius 1 is 0.971 bits per heavy atom. The molecular weight excluding hydrogens is 432 g/mol. The van der Waals surface area contributed by atoms with Crippen LogP contribution in [0.4, 0.5) is 4.79 Å². The molecule has 2 aromatic rings. The zero-order chi connectivity index (χ0) is 23.9. The number of carbonyl (C=O) groups is 3. The number of alkyl carbamates (subject to hydrolysis) is 1. The molecule has 1 aliphatic heterocycles. The van der Waals surface area contributed by atoms with Gasteiger partial charge in [0.05, 0.1) is 10.8 Å². The summed E-state index contributed by atoms with van der Waals surface area (Å²) in [5.41, 5.74) is 3.31. The van der Waals surface area contributed by atoms with Crippen LogP contribution >= 0.6 is 0 Å². The maximum absolute atomic E-state index is 13.1. The molecule has 34 heavy (non-hydrogen) atoms. The fraction of sp³-hybridized carbons (Fsp3) is 0.444. The molecular formula is C27H30N2O5. The molecule has 2 aliphatic carbocycles. The minimum absolute atomic E-state index is 0.00781. The van der Waals surface area contributed by atoms with E-state index in [2.05, 4.69) is 29.6 Å². The van der Waals surface area contributed by atoms with Crippen molar-refractivity contribution in [3.63, 3.8) is 0 Å². The van der Waals surface area contributed by atoms with Gasteiger partial charge in [-0.1, -0.05) is 48.5 Å². The Morgan fingerprint density at radius 3 is 2.06 bits per heavy atom. The molecule has 7 heteroatoms. The third kappa shape index (κ3) is 3.93. The molecule has 2 fully saturated rings. The smallest absolute Gasteiger partial charge is 0.407 e. The van der Waals surface area contributed by atoms with Gasteiger partial charge < -0.3 is 20.1 Å². The van der Waals surface area contributed by atoms with E-state index in [4.69, 9.17) is 4.74 Å². The van der Waals surface area contributed by atoms with Crippen LogP contribution in [0.2, 0.25) is 0 Å². The van der Waals surface area contributed by atoms with Crippen LogP contribution < -0.4 is 5.32 Å². The summed E-state index contributed by atoms with van der Waals surface area (Å²) in [6.45, 7) is 3.10. The van der Waals surface area contributed by atoms with Crippen LogP contribution in [0.3, 0.4) is 0 Å². The van der Waals surface area contributed by atoms with Crippen LogP contribution in [0.1, 0.15) is 49.7 Å². The van der Waals surface area contributed by atoms with E-state index in [1.807, 2.05) is 24.3 Å². The Balaban J connectivity index is 1.15. The number of benzene rings is 2. The molecule has 0 aromatic heterocycles. The molecule has 7 nitrogen and oxygen atoms in total. The number of carbonyl (C=O) groups excluding carboxylic acids is 2. The van der Waals surface area contributed by atoms with Gasteiger partial charge in [0.2, 0.25) is 5.91 Å². The number of nitrogens with one attached hydrogen (secondary N) is 1. The van der Waals surface area contributed by atoms with E-state index < -0.39 is 22.9 Å². The van der Waals surface area contributed by atoms with E-state index >= 15 is 0 Å². The zero-order valence-electron chi connectivity index (χ0n) is 19.4. The van der Waals surface area contributed by atoms with Crippen LogP contribution in [0, 0.1) is 10.8 Å². The minimum atomic E-state index is -0.808. The van der Waals surface area contributed by atoms with Gasteiger partial charge in [-0.2, -0.15) is 0 Å². The third-order valence-electron chi connectivity index (χ3n) is 7.89. The molecule has 2 N–H and O–H groups in total. The number of piperidine rings is 1. The van der Waals surface area contributed by atoms with Gasteiger partial charge in [-0.25, -0.2) is 4.79 Å². The number of rotatable bonds is 6. The predicted octanol–water partition coefficient (Wildman–Crippen LogP) is 4.02. The first-order valence-electron chi connectivity index (χ1n) is 11.9. The van der Waals surface area contributed by atoms with Crippen molar-refractivity contribution in [2.24, 2.45) is 10.8 Å². The highest BCUT2D eigenvalue weighted by atomic mass is 16.5. The van der Waals surface area contributed by atoms with Crippen molar-refractivity contribution in [3.05, 3.63) is 59.7 Å². The average molecular weight is 463 g/mol. The largest absolute Gasteiger partial charge is 0.481 e. The van der Waals surface area contributed by atoms with Crippen LogP contribution in [-0.2, 0) is 14.3 Å². The summed E-state index contributed by atoms with van der Waals surface area (Å²) in [7, 11) is 0. The van der Waals surface area contributed by atoms with Crippen LogP contribution in [0.25, 0.3) is 11.1 Å². The van der Waals surface area contributed by atoms with Gasteiger partial charge >= 0.3 is 12.1 Å². The van der Waals surface area contributed by atoms with Gasteiger partial charge in [0.15, 0.2) is 0 Å². The van der Waals surface area contributed by atoms with Crippen LogP contribution in [0.15, 0.2) is 48.5 Å². The summed E-state index contributed by atoms with van der Waals surface area (Å²) >= 11 is 0. The molecule has 1 heterocycles. The van der Waals surface area contributed by atoms with Crippen molar-refractivity contribution in [1.29, 1.82) is 0 Å². The van der Waals surface area contributed by atoms with E-state index in [0.29, 0.717) is 25.9 Å². The van der Waals surface area contributed by atoms with Gasteiger partial charge in [-0.05, 0) is 54.9 Å². The highest BCUT2D eigenvalue weighted by Crippen LogP contribution is 2.48. The Labute approximate surface area is 199 Å². The molecule has 0 unspecified atom stereocenters. The average Bonchev–Trinajstić information content (AvgIpc) is 3.58. The maximum atomic E-state index is 13.1. The standard InChI is InChI=1S/C27H30N2O5/c1-26(24(31)32)12-14-29(15-13-26)23(30)27(10-11-27)17-28-25(33)34-16-22-20-8-4-2-6-18(20)19-7-3-5-9-21(19)22/h2-9,22H,10-17H2,1H3,(H,28,33)(H,31,32). The van der Waals surface area contributed by atoms with Gasteiger partial charge in [0, 0.05) is 25.6 Å². The van der Waals surface area contributed by atoms with Crippen LogP contribution in [-0.4, -0.2) is 54.2 Å². The summed E-state index contributed by atoms with van der Waals surface area (Å²) in [6, 6.07) is 16.4. The maximum Gasteiger partial charge on any atom is 0.407 e. The number of ether oxygens (including phenoxy) is 1. The lowest BCUT2D eigenvalue weighted by Crippen LogP contribution is -2.49. The number of aliphatic carboxylic acids is 1. The van der Waals surface area contributed by atoms with Crippen molar-refractivity contribution < 1.29 is 24.2 Å². The van der Waals surface area contributed by atoms with E-state index in [1.165, 1.54) is 11.1 Å². The molecule has 1 saturated heterocycles. The van der Waals surface area contributed by atoms with Gasteiger partial charge in [-0.3, -0.25) is 9.59 Å². The van der Waals surface area contributed by atoms with Crippen LogP contribution in [0.5, 0.6) is 0 Å². The quantitative estimate of drug-likeness (QED) is 0.676. The molecule has 178 valence electrons. The van der Waals surface area contributed by atoms with Crippen molar-refractivity contribution in [2.75, 3.05) is 26.2 Å². The number of carboxylic acid groups (broad SMARTS) is 1. The lowest BCUT2D eigenvalue weighted by Gasteiger charge is -2.38. The predicted molar refractivity (Wildman–Crippen MR) is 126 cm³/mol. The van der Waals surface area contributed by atoms with Gasteiger partial charge in [-0.15, -0.1) is 0 Å². The van der Waals surface area contributed by atoms with E-state index in [1.54, 1.807) is 11.8 Å². The number of fused-ring (bicyclic) bond motifs is 3. The first-order valence-corrected chi connectivity index (χ1v) is 11.9. The van der Waals surface area contributed by atoms with E-state index in [0.717, 1.165) is 24.0 Å². The second kappa shape index (κ2) is 8.46. The number of likely N-dealkylation sites (tertiary alicyclic amines) is 1. The highest BCUT2D eigenvalue weighted by Gasteiger charge is 2.53. The van der Waals surface area contributed by atoms with Crippen molar-refractivity contribution in [1.82, 2.24) is 10.2 Å². The number of amides is 2. The molecule has 0 radical (unpaired) electrons. The molecule has 2 amide bonds. The molecule has 2 aromatic carbocycles. The molecule has 0 atom stereocenters. The molecule has 3 aliphatic rings. The normalized spacial score (nSPS) is 19.6. The first-order chi connectivity index (χ1) is 16.3. The molecule has 5 rings (SSSR count). The molecule has 1 saturated carbocycles. The fourth-order valence-corrected chi connectivity index (χ4v) is 5.26. The lowest BCUT2D eigenvalue weighted by atomic mass is 9.80. The fourth-order valence-electron chi connectivity index (χ4n) is 5.26. The van der Waals surface area contributed by atoms with Gasteiger partial charge in [0.1, 0.15) is 6.61 Å². The van der Waals surface area contributed by atoms with E-state index in [9.17, 15) is 19.5 Å². The first kappa shape index (κ1) is 22.4. The SMILES string of the molecule is CC1(C(=O)O)CCN(C(=O)C2(CNC(=O)OCC3c4ccccc4-c4ccccc43)CC2)CC1. The summed E-state index contributed by atoms with van der Waals surface area (Å²) in [5, 5.41) is 12.2. The number of carboxylic acids is 1. The molecule has 0 spiro atoms. The topological polar surface area (TPSA) is 95.9 Å². The van der Waals surface area contributed by atoms with E-state index in [-0.39, 0.29) is 25.0 Å².